The number of amides is 4. The van der Waals surface area contributed by atoms with Gasteiger partial charge in [-0.25, -0.2) is 17.6 Å². The first-order valence-corrected chi connectivity index (χ1v) is 19.7. The van der Waals surface area contributed by atoms with Gasteiger partial charge in [-0.05, 0) is 70.6 Å². The summed E-state index contributed by atoms with van der Waals surface area (Å²) in [4.78, 5) is 85.4. The third kappa shape index (κ3) is 9.01. The first kappa shape index (κ1) is 40.6. The average molecular weight is 773 g/mol. The number of nitrogens with zero attached hydrogens (tertiary/aromatic N) is 3. The predicted molar refractivity (Wildman–Crippen MR) is 193 cm³/mol. The first-order valence-electron chi connectivity index (χ1n) is 18.2. The second-order valence-electron chi connectivity index (χ2n) is 15.6. The van der Waals surface area contributed by atoms with Crippen molar-refractivity contribution in [3.63, 3.8) is 0 Å². The molecule has 1 aromatic carbocycles. The van der Waals surface area contributed by atoms with Gasteiger partial charge in [-0.15, -0.1) is 6.58 Å². The Morgan fingerprint density at radius 3 is 2.41 bits per heavy atom. The summed E-state index contributed by atoms with van der Waals surface area (Å²) in [7, 11) is -3.93. The van der Waals surface area contributed by atoms with Crippen LogP contribution in [0.2, 0.25) is 0 Å². The minimum absolute atomic E-state index is 0.0367. The zero-order valence-electron chi connectivity index (χ0n) is 31.2. The normalized spacial score (nSPS) is 23.8. The maximum absolute atomic E-state index is 14.5. The molecule has 4 aliphatic rings. The second kappa shape index (κ2) is 15.6. The fourth-order valence-electron chi connectivity index (χ4n) is 7.29. The van der Waals surface area contributed by atoms with Crippen LogP contribution in [0.3, 0.4) is 0 Å². The van der Waals surface area contributed by atoms with Gasteiger partial charge in [0.2, 0.25) is 27.7 Å². The Morgan fingerprint density at radius 2 is 1.83 bits per heavy atom. The van der Waals surface area contributed by atoms with Crippen molar-refractivity contribution in [3.05, 3.63) is 60.5 Å². The number of ketones is 1. The van der Waals surface area contributed by atoms with Crippen molar-refractivity contribution in [2.45, 2.75) is 102 Å². The number of hydrogen-bond donors (Lipinski definition) is 1. The molecule has 0 aromatic heterocycles. The topological polar surface area (TPSA) is 177 Å². The van der Waals surface area contributed by atoms with Crippen LogP contribution in [-0.2, 0) is 56.6 Å². The number of fused-ring (bicyclic) bond motifs is 1. The van der Waals surface area contributed by atoms with E-state index in [0.717, 1.165) is 6.08 Å². The number of allylic oxidation sites excluding steroid dienone is 1. The molecular weight excluding hydrogens is 724 g/mol. The Bertz CT molecular complexity index is 1840. The summed E-state index contributed by atoms with van der Waals surface area (Å²) in [5.74, 6) is -5.44. The molecule has 16 heteroatoms. The van der Waals surface area contributed by atoms with Crippen LogP contribution in [-0.4, -0.2) is 101 Å². The van der Waals surface area contributed by atoms with E-state index in [1.165, 1.54) is 26.8 Å². The summed E-state index contributed by atoms with van der Waals surface area (Å²) in [6.07, 6.45) is 0.743. The Kier molecular flexibility index (Phi) is 11.7. The number of Topliss-reactive ketones (excluding diaryl/α,β-unsaturated/α-hetero) is 1. The van der Waals surface area contributed by atoms with E-state index in [2.05, 4.69) is 17.9 Å². The number of likely N-dealkylation sites (N-methyl/N-ethyl adjacent to an activating group) is 1. The van der Waals surface area contributed by atoms with E-state index >= 15 is 0 Å². The van der Waals surface area contributed by atoms with Crippen LogP contribution in [0.25, 0.3) is 0 Å². The van der Waals surface area contributed by atoms with Crippen LogP contribution in [0.5, 0.6) is 0 Å². The number of likely N-dealkylation sites (tertiary alicyclic amines) is 1. The molecule has 1 aromatic rings. The predicted octanol–water partition coefficient (Wildman–Crippen LogP) is 3.39. The number of sulfonamides is 1. The lowest BCUT2D eigenvalue weighted by atomic mass is 9.91. The molecule has 294 valence electrons. The molecule has 5 atom stereocenters. The van der Waals surface area contributed by atoms with E-state index in [1.54, 1.807) is 39.8 Å². The van der Waals surface area contributed by atoms with Crippen LogP contribution in [0.4, 0.5) is 9.18 Å². The molecule has 5 rings (SSSR count). The van der Waals surface area contributed by atoms with E-state index in [4.69, 9.17) is 9.47 Å². The van der Waals surface area contributed by atoms with Gasteiger partial charge in [-0.3, -0.25) is 33.6 Å². The van der Waals surface area contributed by atoms with Crippen molar-refractivity contribution in [1.29, 1.82) is 0 Å². The zero-order chi connectivity index (χ0) is 39.7. The molecule has 3 fully saturated rings. The molecular formula is C38H49FN4O10S. The molecule has 0 radical (unpaired) electrons. The zero-order valence-corrected chi connectivity index (χ0v) is 32.0. The quantitative estimate of drug-likeness (QED) is 0.158. The van der Waals surface area contributed by atoms with Gasteiger partial charge >= 0.3 is 12.1 Å². The number of ether oxygens (including phenoxy) is 2. The molecule has 1 N–H and O–H groups in total. The lowest BCUT2D eigenvalue weighted by molar-refractivity contribution is -0.159. The highest BCUT2D eigenvalue weighted by Crippen LogP contribution is 2.57. The summed E-state index contributed by atoms with van der Waals surface area (Å²) in [5, 5.41) is -0.675. The van der Waals surface area contributed by atoms with Crippen LogP contribution < -0.4 is 4.72 Å². The third-order valence-electron chi connectivity index (χ3n) is 10.4. The Balaban J connectivity index is 1.41. The van der Waals surface area contributed by atoms with Crippen molar-refractivity contribution < 1.29 is 51.0 Å². The number of benzene rings is 1. The fourth-order valence-corrected chi connectivity index (χ4v) is 8.67. The van der Waals surface area contributed by atoms with Crippen LogP contribution in [0, 0.1) is 23.1 Å². The molecule has 2 saturated carbocycles. The van der Waals surface area contributed by atoms with Gasteiger partial charge in [-0.1, -0.05) is 24.8 Å². The summed E-state index contributed by atoms with van der Waals surface area (Å²) in [5.41, 5.74) is -1.32. The number of halogens is 1. The van der Waals surface area contributed by atoms with Gasteiger partial charge in [0.05, 0.1) is 42.1 Å². The number of hydrogen-bond acceptors (Lipinski definition) is 10. The molecule has 0 spiro atoms. The molecule has 14 nitrogen and oxygen atoms in total. The maximum atomic E-state index is 14.5. The number of esters is 1. The van der Waals surface area contributed by atoms with Gasteiger partial charge in [-0.2, -0.15) is 0 Å². The minimum Gasteiger partial charge on any atom is -0.460 e. The molecule has 0 bridgehead atoms. The van der Waals surface area contributed by atoms with Gasteiger partial charge in [0, 0.05) is 38.0 Å². The highest BCUT2D eigenvalue weighted by Gasteiger charge is 2.61. The highest BCUT2D eigenvalue weighted by molar-refractivity contribution is 7.90. The van der Waals surface area contributed by atoms with E-state index in [0.29, 0.717) is 24.0 Å². The SMILES string of the molecule is C=CC(=O)N(CC)C[C@H](CC(=O)OC(C)(C)C)C(=O)N1CC(OC(=O)N2Cc3cccc(F)c3C2)CC1C(=O)C[C@]1(C(=O)NS(=O)(=O)C2CC2)C[C@H]1C=C. The molecule has 2 heterocycles. The first-order chi connectivity index (χ1) is 25.3. The monoisotopic (exact) mass is 772 g/mol. The fraction of sp³-hybridized carbons (Fsp3) is 0.579. The van der Waals surface area contributed by atoms with E-state index in [1.807, 2.05) is 0 Å². The van der Waals surface area contributed by atoms with E-state index in [9.17, 15) is 41.6 Å². The molecule has 4 amide bonds. The molecule has 2 aliphatic heterocycles. The third-order valence-corrected chi connectivity index (χ3v) is 12.2. The number of rotatable bonds is 15. The number of carbonyl (C=O) groups excluding carboxylic acids is 6. The lowest BCUT2D eigenvalue weighted by Crippen LogP contribution is -2.49. The average Bonchev–Trinajstić information content (AvgIpc) is 3.99. The van der Waals surface area contributed by atoms with Crippen molar-refractivity contribution in [1.82, 2.24) is 19.4 Å². The van der Waals surface area contributed by atoms with E-state index < -0.39 is 104 Å². The summed E-state index contributed by atoms with van der Waals surface area (Å²) >= 11 is 0. The molecule has 2 aliphatic carbocycles. The van der Waals surface area contributed by atoms with Gasteiger partial charge < -0.3 is 19.3 Å². The van der Waals surface area contributed by atoms with Crippen molar-refractivity contribution >= 4 is 45.6 Å². The van der Waals surface area contributed by atoms with Gasteiger partial charge in [0.15, 0.2) is 5.78 Å². The Morgan fingerprint density at radius 1 is 1.13 bits per heavy atom. The largest absolute Gasteiger partial charge is 0.460 e. The highest BCUT2D eigenvalue weighted by atomic mass is 32.2. The summed E-state index contributed by atoms with van der Waals surface area (Å²) in [6.45, 7) is 13.7. The number of nitrogens with one attached hydrogen (secondary N) is 1. The standard InChI is InChI=1S/C38H49FN4O10S/c1-7-25-17-38(25,35(48)40-54(50,51)27-13-14-27)18-31(44)30-16-26(52-36(49)42-19-23-11-10-12-29(39)28(23)22-42)21-43(30)34(47)24(15-33(46)53-37(4,5)6)20-41(9-3)32(45)8-2/h7-8,10-12,24-27,30H,1-2,9,13-22H2,3-6H3,(H,40,48)/t24-,25+,26?,30?,38+/m0/s1. The molecule has 1 saturated heterocycles. The van der Waals surface area contributed by atoms with Gasteiger partial charge in [0.25, 0.3) is 0 Å². The van der Waals surface area contributed by atoms with Crippen molar-refractivity contribution in [3.8, 4) is 0 Å². The van der Waals surface area contributed by atoms with Crippen molar-refractivity contribution in [2.75, 3.05) is 19.6 Å². The minimum atomic E-state index is -3.93. The molecule has 54 heavy (non-hydrogen) atoms. The Labute approximate surface area is 315 Å². The van der Waals surface area contributed by atoms with Gasteiger partial charge in [0.1, 0.15) is 17.5 Å². The Hall–Kier alpha value is -4.60. The summed E-state index contributed by atoms with van der Waals surface area (Å²) < 4.78 is 53.3. The van der Waals surface area contributed by atoms with Crippen LogP contribution in [0.15, 0.2) is 43.5 Å². The summed E-state index contributed by atoms with van der Waals surface area (Å²) in [6, 6.07) is 3.30. The molecule has 2 unspecified atom stereocenters. The second-order valence-corrected chi connectivity index (χ2v) is 17.5. The van der Waals surface area contributed by atoms with Crippen molar-refractivity contribution in [2.24, 2.45) is 17.3 Å². The smallest absolute Gasteiger partial charge is 0.410 e. The maximum Gasteiger partial charge on any atom is 0.410 e. The van der Waals surface area contributed by atoms with Crippen LogP contribution in [0.1, 0.15) is 77.3 Å². The van der Waals surface area contributed by atoms with Crippen LogP contribution >= 0.6 is 0 Å². The van der Waals surface area contributed by atoms with E-state index in [-0.39, 0.29) is 45.6 Å². The lowest BCUT2D eigenvalue weighted by Gasteiger charge is -2.31. The number of carbonyl (C=O) groups is 6.